The van der Waals surface area contributed by atoms with Gasteiger partial charge in [0.25, 0.3) is 0 Å². The summed E-state index contributed by atoms with van der Waals surface area (Å²) in [6.45, 7) is 1.65. The Bertz CT molecular complexity index is 503. The summed E-state index contributed by atoms with van der Waals surface area (Å²) < 4.78 is 39.5. The SMILES string of the molecule is CC1(C(=O)c2ccc(F)c(F)c2F)CCCC1N. The molecule has 98 valence electrons. The van der Waals surface area contributed by atoms with Crippen molar-refractivity contribution in [2.24, 2.45) is 11.1 Å². The van der Waals surface area contributed by atoms with Crippen LogP contribution in [0.2, 0.25) is 0 Å². The van der Waals surface area contributed by atoms with E-state index < -0.39 is 34.2 Å². The van der Waals surface area contributed by atoms with Crippen molar-refractivity contribution in [1.82, 2.24) is 0 Å². The van der Waals surface area contributed by atoms with E-state index in [1.807, 2.05) is 0 Å². The lowest BCUT2D eigenvalue weighted by molar-refractivity contribution is 0.0796. The van der Waals surface area contributed by atoms with Crippen LogP contribution in [0.4, 0.5) is 13.2 Å². The van der Waals surface area contributed by atoms with E-state index in [2.05, 4.69) is 0 Å². The molecule has 0 aromatic heterocycles. The Labute approximate surface area is 103 Å². The quantitative estimate of drug-likeness (QED) is 0.654. The van der Waals surface area contributed by atoms with E-state index in [9.17, 15) is 18.0 Å². The lowest BCUT2D eigenvalue weighted by Crippen LogP contribution is -2.41. The van der Waals surface area contributed by atoms with Crippen LogP contribution in [0.15, 0.2) is 12.1 Å². The van der Waals surface area contributed by atoms with Crippen molar-refractivity contribution in [3.05, 3.63) is 35.1 Å². The maximum absolute atomic E-state index is 13.6. The Morgan fingerprint density at radius 3 is 2.56 bits per heavy atom. The maximum Gasteiger partial charge on any atom is 0.195 e. The second kappa shape index (κ2) is 4.39. The van der Waals surface area contributed by atoms with Gasteiger partial charge in [0.1, 0.15) is 0 Å². The largest absolute Gasteiger partial charge is 0.327 e. The Kier molecular flexibility index (Phi) is 3.19. The molecule has 2 unspecified atom stereocenters. The first-order chi connectivity index (χ1) is 8.38. The molecule has 2 nitrogen and oxygen atoms in total. The van der Waals surface area contributed by atoms with Crippen LogP contribution < -0.4 is 5.73 Å². The third kappa shape index (κ3) is 1.82. The normalized spacial score (nSPS) is 27.5. The number of hydrogen-bond acceptors (Lipinski definition) is 2. The Morgan fingerprint density at radius 2 is 2.00 bits per heavy atom. The van der Waals surface area contributed by atoms with Crippen molar-refractivity contribution in [3.8, 4) is 0 Å². The van der Waals surface area contributed by atoms with Crippen LogP contribution in [-0.2, 0) is 0 Å². The van der Waals surface area contributed by atoms with Crippen molar-refractivity contribution in [1.29, 1.82) is 0 Å². The molecular weight excluding hydrogens is 243 g/mol. The molecule has 1 aliphatic rings. The van der Waals surface area contributed by atoms with Gasteiger partial charge < -0.3 is 5.73 Å². The van der Waals surface area contributed by atoms with E-state index in [-0.39, 0.29) is 6.04 Å². The lowest BCUT2D eigenvalue weighted by Gasteiger charge is -2.27. The van der Waals surface area contributed by atoms with Crippen LogP contribution in [-0.4, -0.2) is 11.8 Å². The molecule has 2 N–H and O–H groups in total. The topological polar surface area (TPSA) is 43.1 Å². The number of ketones is 1. The smallest absolute Gasteiger partial charge is 0.195 e. The standard InChI is InChI=1S/C13H14F3NO/c1-13(6-2-3-9(13)17)12(18)7-4-5-8(14)11(16)10(7)15/h4-5,9H,2-3,6,17H2,1H3. The van der Waals surface area contributed by atoms with Crippen LogP contribution in [0.5, 0.6) is 0 Å². The highest BCUT2D eigenvalue weighted by molar-refractivity contribution is 6.01. The zero-order valence-corrected chi connectivity index (χ0v) is 9.97. The molecule has 0 aliphatic heterocycles. The van der Waals surface area contributed by atoms with Crippen molar-refractivity contribution >= 4 is 5.78 Å². The number of benzene rings is 1. The third-order valence-corrected chi connectivity index (χ3v) is 3.83. The minimum Gasteiger partial charge on any atom is -0.327 e. The predicted molar refractivity (Wildman–Crippen MR) is 60.6 cm³/mol. The number of carbonyl (C=O) groups is 1. The van der Waals surface area contributed by atoms with E-state index in [1.165, 1.54) is 0 Å². The van der Waals surface area contributed by atoms with Crippen LogP contribution in [0, 0.1) is 22.9 Å². The summed E-state index contributed by atoms with van der Waals surface area (Å²) in [6, 6.07) is 1.36. The first-order valence-corrected chi connectivity index (χ1v) is 5.82. The highest BCUT2D eigenvalue weighted by atomic mass is 19.2. The number of Topliss-reactive ketones (excluding diaryl/α,β-unsaturated/α-hetero) is 1. The zero-order chi connectivity index (χ0) is 13.5. The molecule has 2 rings (SSSR count). The molecule has 1 aliphatic carbocycles. The lowest BCUT2D eigenvalue weighted by atomic mass is 9.78. The number of hydrogen-bond donors (Lipinski definition) is 1. The molecule has 1 fully saturated rings. The van der Waals surface area contributed by atoms with Crippen LogP contribution in [0.3, 0.4) is 0 Å². The zero-order valence-electron chi connectivity index (χ0n) is 9.97. The minimum absolute atomic E-state index is 0.377. The van der Waals surface area contributed by atoms with Crippen LogP contribution in [0.1, 0.15) is 36.5 Å². The molecule has 1 aromatic rings. The van der Waals surface area contributed by atoms with Crippen LogP contribution in [0.25, 0.3) is 0 Å². The van der Waals surface area contributed by atoms with Gasteiger partial charge in [-0.25, -0.2) is 13.2 Å². The molecule has 0 spiro atoms. The molecule has 5 heteroatoms. The van der Waals surface area contributed by atoms with E-state index in [0.29, 0.717) is 12.8 Å². The molecule has 0 saturated heterocycles. The summed E-state index contributed by atoms with van der Waals surface area (Å²) >= 11 is 0. The summed E-state index contributed by atoms with van der Waals surface area (Å²) in [6.07, 6.45) is 1.98. The van der Waals surface area contributed by atoms with E-state index in [1.54, 1.807) is 6.92 Å². The summed E-state index contributed by atoms with van der Waals surface area (Å²) in [5.41, 5.74) is 4.54. The van der Waals surface area contributed by atoms with Crippen molar-refractivity contribution in [2.45, 2.75) is 32.2 Å². The minimum atomic E-state index is -1.61. The first-order valence-electron chi connectivity index (χ1n) is 5.82. The molecule has 2 atom stereocenters. The van der Waals surface area contributed by atoms with E-state index in [0.717, 1.165) is 18.6 Å². The average Bonchev–Trinajstić information content (AvgIpc) is 2.67. The Morgan fingerprint density at radius 1 is 1.33 bits per heavy atom. The van der Waals surface area contributed by atoms with Gasteiger partial charge in [-0.1, -0.05) is 13.3 Å². The maximum atomic E-state index is 13.6. The van der Waals surface area contributed by atoms with Crippen molar-refractivity contribution in [2.75, 3.05) is 0 Å². The first kappa shape index (κ1) is 13.1. The molecule has 0 bridgehead atoms. The number of carbonyl (C=O) groups excluding carboxylic acids is 1. The van der Waals surface area contributed by atoms with Crippen molar-refractivity contribution in [3.63, 3.8) is 0 Å². The number of halogens is 3. The molecule has 1 saturated carbocycles. The Balaban J connectivity index is 2.44. The highest BCUT2D eigenvalue weighted by Crippen LogP contribution is 2.40. The molecule has 18 heavy (non-hydrogen) atoms. The van der Waals surface area contributed by atoms with Gasteiger partial charge >= 0.3 is 0 Å². The highest BCUT2D eigenvalue weighted by Gasteiger charge is 2.44. The number of nitrogens with two attached hydrogens (primary N) is 1. The summed E-state index contributed by atoms with van der Waals surface area (Å²) in [5, 5.41) is 0. The van der Waals surface area contributed by atoms with Gasteiger partial charge in [-0.05, 0) is 25.0 Å². The van der Waals surface area contributed by atoms with Gasteiger partial charge in [-0.15, -0.1) is 0 Å². The van der Waals surface area contributed by atoms with Gasteiger partial charge in [0.15, 0.2) is 23.2 Å². The monoisotopic (exact) mass is 257 g/mol. The van der Waals surface area contributed by atoms with Gasteiger partial charge in [0.05, 0.1) is 5.56 Å². The molecule has 0 radical (unpaired) electrons. The fraction of sp³-hybridized carbons (Fsp3) is 0.462. The predicted octanol–water partition coefficient (Wildman–Crippen LogP) is 2.80. The fourth-order valence-corrected chi connectivity index (χ4v) is 2.48. The fourth-order valence-electron chi connectivity index (χ4n) is 2.48. The van der Waals surface area contributed by atoms with Crippen LogP contribution >= 0.6 is 0 Å². The molecule has 0 amide bonds. The summed E-state index contributed by atoms with van der Waals surface area (Å²) in [5.74, 6) is -4.90. The summed E-state index contributed by atoms with van der Waals surface area (Å²) in [7, 11) is 0. The van der Waals surface area contributed by atoms with Crippen molar-refractivity contribution < 1.29 is 18.0 Å². The molecular formula is C13H14F3NO. The Hall–Kier alpha value is -1.36. The third-order valence-electron chi connectivity index (χ3n) is 3.83. The summed E-state index contributed by atoms with van der Waals surface area (Å²) in [4.78, 5) is 12.3. The van der Waals surface area contributed by atoms with Gasteiger partial charge in [0.2, 0.25) is 0 Å². The molecule has 1 aromatic carbocycles. The second-order valence-corrected chi connectivity index (χ2v) is 4.97. The molecule has 0 heterocycles. The number of rotatable bonds is 2. The van der Waals surface area contributed by atoms with Gasteiger partial charge in [-0.2, -0.15) is 0 Å². The van der Waals surface area contributed by atoms with Gasteiger partial charge in [0, 0.05) is 11.5 Å². The van der Waals surface area contributed by atoms with Gasteiger partial charge in [-0.3, -0.25) is 4.79 Å². The second-order valence-electron chi connectivity index (χ2n) is 4.97. The average molecular weight is 257 g/mol. The van der Waals surface area contributed by atoms with E-state index in [4.69, 9.17) is 5.73 Å². The van der Waals surface area contributed by atoms with E-state index >= 15 is 0 Å².